The Morgan fingerprint density at radius 3 is 2.36 bits per heavy atom. The molecular formula is C33H60O2Si. The van der Waals surface area contributed by atoms with Gasteiger partial charge in [0.1, 0.15) is 0 Å². The molecule has 2 nitrogen and oxygen atoms in total. The summed E-state index contributed by atoms with van der Waals surface area (Å²) in [4.78, 5) is 0. The largest absolute Gasteiger partial charge is 0.414 e. The zero-order chi connectivity index (χ0) is 26.7. The van der Waals surface area contributed by atoms with Gasteiger partial charge in [-0.2, -0.15) is 0 Å². The second kappa shape index (κ2) is 9.81. The van der Waals surface area contributed by atoms with Crippen LogP contribution in [0.25, 0.3) is 0 Å². The molecule has 4 aliphatic carbocycles. The molecule has 0 aromatic rings. The van der Waals surface area contributed by atoms with Crippen molar-refractivity contribution in [3.63, 3.8) is 0 Å². The Morgan fingerprint density at radius 2 is 1.72 bits per heavy atom. The van der Waals surface area contributed by atoms with Crippen molar-refractivity contribution in [3.8, 4) is 0 Å². The SMILES string of the molecule is C[C@H](CCCC(C)(C)O)[C@H]1CC[C@H]2[C@@H]3CC=C4C[C@@H](O[Si](C)(C)C(C)(C)C)CC[C@]4(C)[C@H]3CC[C@]12C. The summed E-state index contributed by atoms with van der Waals surface area (Å²) in [6.07, 6.45) is 17.4. The molecule has 0 heterocycles. The third-order valence-electron chi connectivity index (χ3n) is 12.5. The van der Waals surface area contributed by atoms with E-state index in [4.69, 9.17) is 4.43 Å². The van der Waals surface area contributed by atoms with E-state index in [2.05, 4.69) is 60.7 Å². The average Bonchev–Trinajstić information content (AvgIpc) is 3.09. The third-order valence-corrected chi connectivity index (χ3v) is 17.1. The highest BCUT2D eigenvalue weighted by atomic mass is 28.4. The summed E-state index contributed by atoms with van der Waals surface area (Å²) in [7, 11) is -1.72. The van der Waals surface area contributed by atoms with Crippen LogP contribution in [-0.2, 0) is 4.43 Å². The molecule has 0 aromatic heterocycles. The van der Waals surface area contributed by atoms with E-state index < -0.39 is 13.9 Å². The highest BCUT2D eigenvalue weighted by Crippen LogP contribution is 2.67. The van der Waals surface area contributed by atoms with Crippen LogP contribution in [0, 0.1) is 40.4 Å². The number of hydrogen-bond donors (Lipinski definition) is 1. The van der Waals surface area contributed by atoms with Crippen molar-refractivity contribution in [2.45, 2.75) is 156 Å². The molecule has 0 aromatic carbocycles. The van der Waals surface area contributed by atoms with E-state index in [1.165, 1.54) is 57.8 Å². The Morgan fingerprint density at radius 1 is 1.03 bits per heavy atom. The fourth-order valence-electron chi connectivity index (χ4n) is 9.35. The monoisotopic (exact) mass is 516 g/mol. The molecule has 208 valence electrons. The summed E-state index contributed by atoms with van der Waals surface area (Å²) in [5, 5.41) is 10.5. The van der Waals surface area contributed by atoms with Crippen molar-refractivity contribution in [1.82, 2.24) is 0 Å². The van der Waals surface area contributed by atoms with Crippen LogP contribution in [0.1, 0.15) is 126 Å². The smallest absolute Gasteiger partial charge is 0.192 e. The summed E-state index contributed by atoms with van der Waals surface area (Å²) in [5.74, 6) is 4.34. The fourth-order valence-corrected chi connectivity index (χ4v) is 10.7. The first kappa shape index (κ1) is 28.9. The Balaban J connectivity index is 1.44. The lowest BCUT2D eigenvalue weighted by atomic mass is 9.47. The van der Waals surface area contributed by atoms with Crippen LogP contribution < -0.4 is 0 Å². The van der Waals surface area contributed by atoms with Crippen LogP contribution in [0.5, 0.6) is 0 Å². The maximum atomic E-state index is 10.2. The van der Waals surface area contributed by atoms with Crippen LogP contribution in [0.3, 0.4) is 0 Å². The molecule has 8 atom stereocenters. The van der Waals surface area contributed by atoms with E-state index in [0.29, 0.717) is 16.9 Å². The van der Waals surface area contributed by atoms with Crippen molar-refractivity contribution in [2.75, 3.05) is 0 Å². The second-order valence-electron chi connectivity index (χ2n) is 16.4. The molecule has 3 saturated carbocycles. The zero-order valence-electron chi connectivity index (χ0n) is 25.7. The minimum Gasteiger partial charge on any atom is -0.414 e. The van der Waals surface area contributed by atoms with Gasteiger partial charge in [0.15, 0.2) is 8.32 Å². The van der Waals surface area contributed by atoms with Crippen LogP contribution in [0.2, 0.25) is 18.1 Å². The van der Waals surface area contributed by atoms with Gasteiger partial charge in [-0.3, -0.25) is 0 Å². The van der Waals surface area contributed by atoms with Gasteiger partial charge >= 0.3 is 0 Å². The highest BCUT2D eigenvalue weighted by molar-refractivity contribution is 6.74. The number of aliphatic hydroxyl groups is 1. The topological polar surface area (TPSA) is 29.5 Å². The molecule has 0 spiro atoms. The van der Waals surface area contributed by atoms with E-state index >= 15 is 0 Å². The number of hydrogen-bond acceptors (Lipinski definition) is 2. The van der Waals surface area contributed by atoms with Gasteiger partial charge in [0.2, 0.25) is 0 Å². The molecule has 0 amide bonds. The fraction of sp³-hybridized carbons (Fsp3) is 0.939. The lowest BCUT2D eigenvalue weighted by Gasteiger charge is -2.59. The van der Waals surface area contributed by atoms with Crippen molar-refractivity contribution in [2.24, 2.45) is 40.4 Å². The lowest BCUT2D eigenvalue weighted by Crippen LogP contribution is -2.52. The highest BCUT2D eigenvalue weighted by Gasteiger charge is 2.59. The van der Waals surface area contributed by atoms with Gasteiger partial charge in [-0.25, -0.2) is 0 Å². The first-order chi connectivity index (χ1) is 16.5. The number of rotatable bonds is 7. The summed E-state index contributed by atoms with van der Waals surface area (Å²) in [6.45, 7) is 23.8. The van der Waals surface area contributed by atoms with Crippen molar-refractivity contribution < 1.29 is 9.53 Å². The number of fused-ring (bicyclic) bond motifs is 5. The summed E-state index contributed by atoms with van der Waals surface area (Å²) >= 11 is 0. The number of allylic oxidation sites excluding steroid dienone is 1. The summed E-state index contributed by atoms with van der Waals surface area (Å²) in [5.41, 5.74) is 2.18. The van der Waals surface area contributed by atoms with Gasteiger partial charge in [-0.1, -0.05) is 66.0 Å². The third kappa shape index (κ3) is 5.33. The van der Waals surface area contributed by atoms with Crippen LogP contribution in [0.4, 0.5) is 0 Å². The average molecular weight is 517 g/mol. The van der Waals surface area contributed by atoms with Crippen LogP contribution in [0.15, 0.2) is 11.6 Å². The molecule has 0 aliphatic heterocycles. The Bertz CT molecular complexity index is 817. The minimum absolute atomic E-state index is 0.290. The minimum atomic E-state index is -1.72. The van der Waals surface area contributed by atoms with Crippen LogP contribution in [-0.4, -0.2) is 25.1 Å². The molecule has 4 aliphatic rings. The van der Waals surface area contributed by atoms with E-state index in [1.807, 2.05) is 13.8 Å². The van der Waals surface area contributed by atoms with E-state index in [1.54, 1.807) is 5.57 Å². The van der Waals surface area contributed by atoms with Gasteiger partial charge in [0.05, 0.1) is 5.60 Å². The van der Waals surface area contributed by atoms with Crippen LogP contribution >= 0.6 is 0 Å². The van der Waals surface area contributed by atoms with Crippen molar-refractivity contribution in [1.29, 1.82) is 0 Å². The van der Waals surface area contributed by atoms with Gasteiger partial charge in [-0.15, -0.1) is 0 Å². The standard InChI is InChI=1S/C33H60O2Si/c1-23(12-11-19-31(5,6)34)27-15-16-28-26-14-13-24-22-25(35-36(9,10)30(2,3)4)17-20-32(24,7)29(26)18-21-33(27,28)8/h13,23,25-29,34H,11-12,14-22H2,1-10H3/t23-,25+,26+,27-,28+,29+,32+,33-/m1/s1. The van der Waals surface area contributed by atoms with Gasteiger partial charge in [-0.05, 0) is 130 Å². The van der Waals surface area contributed by atoms with E-state index in [0.717, 1.165) is 42.4 Å². The maximum Gasteiger partial charge on any atom is 0.192 e. The normalized spacial score (nSPS) is 40.2. The summed E-state index contributed by atoms with van der Waals surface area (Å²) < 4.78 is 6.93. The molecule has 36 heavy (non-hydrogen) atoms. The predicted octanol–water partition coefficient (Wildman–Crippen LogP) is 9.53. The molecule has 0 radical (unpaired) electrons. The first-order valence-electron chi connectivity index (χ1n) is 15.6. The molecule has 0 saturated heterocycles. The molecule has 3 heteroatoms. The molecule has 1 N–H and O–H groups in total. The van der Waals surface area contributed by atoms with E-state index in [-0.39, 0.29) is 5.04 Å². The quantitative estimate of drug-likeness (QED) is 0.269. The Hall–Kier alpha value is -0.123. The zero-order valence-corrected chi connectivity index (χ0v) is 26.7. The van der Waals surface area contributed by atoms with E-state index in [9.17, 15) is 5.11 Å². The second-order valence-corrected chi connectivity index (χ2v) is 21.2. The molecule has 4 rings (SSSR count). The molecule has 3 fully saturated rings. The maximum absolute atomic E-state index is 10.2. The van der Waals surface area contributed by atoms with Gasteiger partial charge in [0.25, 0.3) is 0 Å². The van der Waals surface area contributed by atoms with Gasteiger partial charge < -0.3 is 9.53 Å². The summed E-state index contributed by atoms with van der Waals surface area (Å²) in [6, 6.07) is 0. The van der Waals surface area contributed by atoms with Gasteiger partial charge in [0, 0.05) is 6.10 Å². The molecular weight excluding hydrogens is 456 g/mol. The molecule has 0 bridgehead atoms. The lowest BCUT2D eigenvalue weighted by molar-refractivity contribution is -0.0567. The Labute approximate surface area is 225 Å². The Kier molecular flexibility index (Phi) is 7.87. The predicted molar refractivity (Wildman–Crippen MR) is 157 cm³/mol. The molecule has 0 unspecified atom stereocenters. The first-order valence-corrected chi connectivity index (χ1v) is 18.5. The van der Waals surface area contributed by atoms with Crippen molar-refractivity contribution >= 4 is 8.32 Å². The van der Waals surface area contributed by atoms with Crippen molar-refractivity contribution in [3.05, 3.63) is 11.6 Å².